The second-order valence-corrected chi connectivity index (χ2v) is 14.1. The Hall–Kier alpha value is -2.45. The summed E-state index contributed by atoms with van der Waals surface area (Å²) in [7, 11) is 2.25. The molecule has 0 amide bonds. The van der Waals surface area contributed by atoms with Crippen molar-refractivity contribution < 1.29 is 0 Å². The Kier molecular flexibility index (Phi) is 7.57. The van der Waals surface area contributed by atoms with Crippen LogP contribution in [-0.4, -0.2) is 19.5 Å². The summed E-state index contributed by atoms with van der Waals surface area (Å²) in [6.45, 7) is 15.8. The molecule has 1 atom stereocenters. The number of rotatable bonds is 4. The van der Waals surface area contributed by atoms with Crippen LogP contribution >= 0.6 is 11.8 Å². The minimum atomic E-state index is -0.0760. The molecule has 0 fully saturated rings. The molecule has 1 unspecified atom stereocenters. The van der Waals surface area contributed by atoms with Gasteiger partial charge in [-0.15, -0.1) is 0 Å². The Bertz CT molecular complexity index is 1640. The van der Waals surface area contributed by atoms with Gasteiger partial charge in [-0.2, -0.15) is 0 Å². The van der Waals surface area contributed by atoms with Crippen LogP contribution in [0.5, 0.6) is 0 Å². The first-order valence-electron chi connectivity index (χ1n) is 13.9. The number of aromatic nitrogens is 1. The van der Waals surface area contributed by atoms with Crippen LogP contribution in [0.25, 0.3) is 21.8 Å². The number of fused-ring (bicyclic) bond motifs is 5. The molecule has 1 aromatic heterocycles. The number of aryl methyl sites for hydroxylation is 2. The van der Waals surface area contributed by atoms with Crippen LogP contribution in [0.15, 0.2) is 82.6 Å². The van der Waals surface area contributed by atoms with Crippen molar-refractivity contribution in [3.05, 3.63) is 95.1 Å². The van der Waals surface area contributed by atoms with E-state index in [2.05, 4.69) is 119 Å². The van der Waals surface area contributed by atoms with Crippen molar-refractivity contribution in [3.63, 3.8) is 0 Å². The predicted octanol–water partition coefficient (Wildman–Crippen LogP) is 8.63. The van der Waals surface area contributed by atoms with E-state index >= 15 is 0 Å². The molecular weight excluding hydrogens is 545 g/mol. The third kappa shape index (κ3) is 4.43. The average Bonchev–Trinajstić information content (AvgIpc) is 3.20. The summed E-state index contributed by atoms with van der Waals surface area (Å²) in [6.07, 6.45) is 1.14. The molecule has 0 saturated heterocycles. The average molecular weight is 585 g/mol. The summed E-state index contributed by atoms with van der Waals surface area (Å²) in [4.78, 5) is 2.85. The fourth-order valence-electron chi connectivity index (χ4n) is 5.87. The summed E-state index contributed by atoms with van der Waals surface area (Å²) >= 11 is 2.28. The zero-order valence-corrected chi connectivity index (χ0v) is 26.5. The molecule has 2 heterocycles. The van der Waals surface area contributed by atoms with Crippen molar-refractivity contribution >= 4 is 57.4 Å². The van der Waals surface area contributed by atoms with Crippen LogP contribution in [0.3, 0.4) is 0 Å². The molecule has 0 saturated carbocycles. The molecule has 4 aromatic carbocycles. The molecule has 0 aliphatic carbocycles. The number of nitrogens with zero attached hydrogens (tertiary/aromatic N) is 1. The van der Waals surface area contributed by atoms with E-state index in [0.29, 0.717) is 20.9 Å². The number of hydrogen-bond donors (Lipinski definition) is 0. The maximum atomic E-state index is 2.54. The fraction of sp³-hybridized carbons (Fsp3) is 0.314. The van der Waals surface area contributed by atoms with E-state index in [4.69, 9.17) is 0 Å². The van der Waals surface area contributed by atoms with Gasteiger partial charge in [-0.25, -0.2) is 0 Å². The van der Waals surface area contributed by atoms with Gasteiger partial charge in [0.05, 0.1) is 0 Å². The van der Waals surface area contributed by atoms with Gasteiger partial charge in [-0.3, -0.25) is 0 Å². The molecule has 0 bridgehead atoms. The zero-order chi connectivity index (χ0) is 27.2. The van der Waals surface area contributed by atoms with Gasteiger partial charge in [0, 0.05) is 0 Å². The van der Waals surface area contributed by atoms with Crippen molar-refractivity contribution in [2.45, 2.75) is 76.0 Å². The summed E-state index contributed by atoms with van der Waals surface area (Å²) in [6, 6.07) is 27.8. The molecule has 0 N–H and O–H groups in total. The van der Waals surface area contributed by atoms with Gasteiger partial charge >= 0.3 is 226 Å². The predicted molar refractivity (Wildman–Crippen MR) is 169 cm³/mol. The third-order valence-electron chi connectivity index (χ3n) is 8.17. The molecular formula is C35H39NSSe. The van der Waals surface area contributed by atoms with E-state index < -0.39 is 0 Å². The Morgan fingerprint density at radius 1 is 0.816 bits per heavy atom. The Labute approximate surface area is 239 Å². The number of benzene rings is 4. The molecule has 1 nitrogen and oxygen atoms in total. The SMILES string of the molecule is CC.CCC(C)c1cc2c(cc1C(C)(C)c1ccccc1C)c1cc3c(cc1n2C)Sc1ccccc1[Se]3. The van der Waals surface area contributed by atoms with Gasteiger partial charge in [0.2, 0.25) is 0 Å². The Morgan fingerprint density at radius 3 is 2.21 bits per heavy atom. The second-order valence-electron chi connectivity index (χ2n) is 10.7. The van der Waals surface area contributed by atoms with Gasteiger partial charge in [0.15, 0.2) is 0 Å². The first-order valence-corrected chi connectivity index (χ1v) is 16.4. The van der Waals surface area contributed by atoms with Crippen molar-refractivity contribution in [2.24, 2.45) is 7.05 Å². The van der Waals surface area contributed by atoms with Gasteiger partial charge in [-0.05, 0) is 0 Å². The van der Waals surface area contributed by atoms with Crippen LogP contribution in [0.1, 0.15) is 76.1 Å². The van der Waals surface area contributed by atoms with Crippen LogP contribution in [0, 0.1) is 6.92 Å². The summed E-state index contributed by atoms with van der Waals surface area (Å²) in [5, 5.41) is 2.78. The summed E-state index contributed by atoms with van der Waals surface area (Å²) in [5.41, 5.74) is 8.35. The zero-order valence-electron chi connectivity index (χ0n) is 24.0. The topological polar surface area (TPSA) is 4.93 Å². The maximum absolute atomic E-state index is 2.54. The molecule has 38 heavy (non-hydrogen) atoms. The van der Waals surface area contributed by atoms with Crippen LogP contribution < -0.4 is 8.92 Å². The van der Waals surface area contributed by atoms with Crippen LogP contribution in [-0.2, 0) is 12.5 Å². The fourth-order valence-corrected chi connectivity index (χ4v) is 9.58. The molecule has 3 heteroatoms. The third-order valence-corrected chi connectivity index (χ3v) is 12.3. The summed E-state index contributed by atoms with van der Waals surface area (Å²) in [5.74, 6) is 0.507. The van der Waals surface area contributed by atoms with E-state index in [1.54, 1.807) is 0 Å². The summed E-state index contributed by atoms with van der Waals surface area (Å²) < 4.78 is 5.44. The standard InChI is InChI=1S/C33H33NSSe.C2H6/c1-7-20(2)22-17-27-23(16-26(22)33(4,5)25-13-9-8-12-21(25)3)24-18-32-30(19-28(24)34(27)6)35-29-14-10-11-15-31(29)36-32;1-2/h8-20H,7H2,1-6H3;1-2H3. The number of hydrogen-bond acceptors (Lipinski definition) is 1. The van der Waals surface area contributed by atoms with Crippen molar-refractivity contribution in [2.75, 3.05) is 0 Å². The van der Waals surface area contributed by atoms with Crippen molar-refractivity contribution in [1.82, 2.24) is 4.57 Å². The van der Waals surface area contributed by atoms with Crippen molar-refractivity contribution in [3.8, 4) is 0 Å². The Balaban J connectivity index is 0.00000144. The molecule has 1 aliphatic rings. The normalized spacial score (nSPS) is 13.6. The van der Waals surface area contributed by atoms with Crippen LogP contribution in [0.4, 0.5) is 0 Å². The Morgan fingerprint density at radius 2 is 1.47 bits per heavy atom. The molecule has 1 aliphatic heterocycles. The van der Waals surface area contributed by atoms with E-state index in [-0.39, 0.29) is 5.41 Å². The van der Waals surface area contributed by atoms with E-state index in [1.807, 2.05) is 25.6 Å². The first-order chi connectivity index (χ1) is 18.3. The quantitative estimate of drug-likeness (QED) is 0.188. The molecule has 0 spiro atoms. The van der Waals surface area contributed by atoms with Gasteiger partial charge < -0.3 is 0 Å². The second kappa shape index (κ2) is 10.6. The van der Waals surface area contributed by atoms with Gasteiger partial charge in [-0.1, -0.05) is 13.8 Å². The first kappa shape index (κ1) is 27.1. The van der Waals surface area contributed by atoms with E-state index in [1.165, 1.54) is 62.8 Å². The van der Waals surface area contributed by atoms with Crippen molar-refractivity contribution in [1.29, 1.82) is 0 Å². The minimum absolute atomic E-state index is 0.0760. The van der Waals surface area contributed by atoms with E-state index in [0.717, 1.165) is 6.42 Å². The molecule has 0 radical (unpaired) electrons. The van der Waals surface area contributed by atoms with Crippen LogP contribution in [0.2, 0.25) is 0 Å². The van der Waals surface area contributed by atoms with E-state index in [9.17, 15) is 0 Å². The van der Waals surface area contributed by atoms with Gasteiger partial charge in [0.1, 0.15) is 0 Å². The molecule has 5 aromatic rings. The van der Waals surface area contributed by atoms with Gasteiger partial charge in [0.25, 0.3) is 0 Å². The molecule has 6 rings (SSSR count). The molecule has 196 valence electrons. The monoisotopic (exact) mass is 585 g/mol.